The lowest BCUT2D eigenvalue weighted by Gasteiger charge is -2.21. The summed E-state index contributed by atoms with van der Waals surface area (Å²) in [6.45, 7) is 1.07. The van der Waals surface area contributed by atoms with Crippen LogP contribution in [-0.4, -0.2) is 40.3 Å². The standard InChI is InChI=1S/C18H28N2O4S2/c21-25(22,19-16-8-4-2-1-3-5-9-16)17-10-12-18(13-11-17)26(23,24)20-14-6-7-15-20/h10-13,16,19H,1-9,14-15H2. The lowest BCUT2D eigenvalue weighted by molar-refractivity contribution is 0.426. The van der Waals surface area contributed by atoms with E-state index in [4.69, 9.17) is 0 Å². The second-order valence-electron chi connectivity index (χ2n) is 7.25. The Morgan fingerprint density at radius 2 is 1.23 bits per heavy atom. The van der Waals surface area contributed by atoms with E-state index < -0.39 is 20.0 Å². The third kappa shape index (κ3) is 4.65. The number of nitrogens with zero attached hydrogens (tertiary/aromatic N) is 1. The van der Waals surface area contributed by atoms with E-state index >= 15 is 0 Å². The van der Waals surface area contributed by atoms with Gasteiger partial charge < -0.3 is 0 Å². The molecule has 1 aliphatic carbocycles. The summed E-state index contributed by atoms with van der Waals surface area (Å²) in [6, 6.07) is 5.57. The maximum absolute atomic E-state index is 12.6. The molecule has 0 aromatic heterocycles. The van der Waals surface area contributed by atoms with Crippen LogP contribution in [0.2, 0.25) is 0 Å². The van der Waals surface area contributed by atoms with Crippen LogP contribution in [0.3, 0.4) is 0 Å². The fraction of sp³-hybridized carbons (Fsp3) is 0.667. The van der Waals surface area contributed by atoms with E-state index in [0.717, 1.165) is 51.4 Å². The summed E-state index contributed by atoms with van der Waals surface area (Å²) in [4.78, 5) is 0.282. The zero-order chi connectivity index (χ0) is 18.6. The Kier molecular flexibility index (Phi) is 6.37. The maximum Gasteiger partial charge on any atom is 0.243 e. The summed E-state index contributed by atoms with van der Waals surface area (Å²) < 4.78 is 54.6. The normalized spacial score (nSPS) is 21.4. The van der Waals surface area contributed by atoms with Gasteiger partial charge in [0, 0.05) is 19.1 Å². The van der Waals surface area contributed by atoms with Gasteiger partial charge in [-0.25, -0.2) is 21.6 Å². The first-order chi connectivity index (χ1) is 12.4. The summed E-state index contributed by atoms with van der Waals surface area (Å²) >= 11 is 0. The van der Waals surface area contributed by atoms with Crippen molar-refractivity contribution in [1.29, 1.82) is 0 Å². The average molecular weight is 401 g/mol. The van der Waals surface area contributed by atoms with Crippen molar-refractivity contribution in [2.45, 2.75) is 73.6 Å². The van der Waals surface area contributed by atoms with Gasteiger partial charge in [-0.05, 0) is 49.9 Å². The van der Waals surface area contributed by atoms with E-state index in [9.17, 15) is 16.8 Å². The van der Waals surface area contributed by atoms with E-state index in [0.29, 0.717) is 13.1 Å². The minimum absolute atomic E-state index is 0.0340. The van der Waals surface area contributed by atoms with Crippen LogP contribution >= 0.6 is 0 Å². The fourth-order valence-corrected chi connectivity index (χ4v) is 6.55. The fourth-order valence-electron chi connectivity index (χ4n) is 3.73. The van der Waals surface area contributed by atoms with Crippen LogP contribution in [0.25, 0.3) is 0 Å². The molecule has 0 spiro atoms. The van der Waals surface area contributed by atoms with Crippen LogP contribution in [0.15, 0.2) is 34.1 Å². The molecule has 0 atom stereocenters. The summed E-state index contributed by atoms with van der Waals surface area (Å²) in [7, 11) is -7.15. The number of rotatable bonds is 5. The van der Waals surface area contributed by atoms with Crippen LogP contribution < -0.4 is 4.72 Å². The molecule has 2 aliphatic rings. The molecule has 0 radical (unpaired) electrons. The topological polar surface area (TPSA) is 83.5 Å². The van der Waals surface area contributed by atoms with E-state index in [2.05, 4.69) is 4.72 Å². The Morgan fingerprint density at radius 3 is 1.81 bits per heavy atom. The van der Waals surface area contributed by atoms with E-state index in [1.54, 1.807) is 0 Å². The number of nitrogens with one attached hydrogen (secondary N) is 1. The molecule has 0 unspecified atom stereocenters. The van der Waals surface area contributed by atoms with Crippen molar-refractivity contribution in [1.82, 2.24) is 9.03 Å². The molecule has 1 saturated carbocycles. The minimum atomic E-state index is -3.63. The van der Waals surface area contributed by atoms with Gasteiger partial charge in [0.25, 0.3) is 0 Å². The lowest BCUT2D eigenvalue weighted by atomic mass is 9.97. The molecular formula is C18H28N2O4S2. The van der Waals surface area contributed by atoms with Gasteiger partial charge in [0.15, 0.2) is 0 Å². The van der Waals surface area contributed by atoms with Gasteiger partial charge in [-0.3, -0.25) is 0 Å². The van der Waals surface area contributed by atoms with Crippen LogP contribution in [-0.2, 0) is 20.0 Å². The highest BCUT2D eigenvalue weighted by atomic mass is 32.2. The van der Waals surface area contributed by atoms with Crippen molar-refractivity contribution in [2.24, 2.45) is 0 Å². The third-order valence-electron chi connectivity index (χ3n) is 5.26. The molecule has 1 N–H and O–H groups in total. The van der Waals surface area contributed by atoms with Crippen LogP contribution in [0.4, 0.5) is 0 Å². The molecule has 1 saturated heterocycles. The van der Waals surface area contributed by atoms with Gasteiger partial charge in [0.2, 0.25) is 20.0 Å². The van der Waals surface area contributed by atoms with Crippen molar-refractivity contribution in [2.75, 3.05) is 13.1 Å². The summed E-state index contributed by atoms with van der Waals surface area (Å²) in [5.41, 5.74) is 0. The second kappa shape index (κ2) is 8.37. The zero-order valence-corrected chi connectivity index (χ0v) is 16.7. The molecule has 26 heavy (non-hydrogen) atoms. The number of hydrogen-bond donors (Lipinski definition) is 1. The monoisotopic (exact) mass is 400 g/mol. The summed E-state index contributed by atoms with van der Waals surface area (Å²) in [6.07, 6.45) is 9.09. The Bertz CT molecular complexity index is 790. The van der Waals surface area contributed by atoms with Gasteiger partial charge in [0.05, 0.1) is 9.79 Å². The molecule has 0 bridgehead atoms. The zero-order valence-electron chi connectivity index (χ0n) is 15.1. The summed E-state index contributed by atoms with van der Waals surface area (Å²) in [5, 5.41) is 0. The molecular weight excluding hydrogens is 372 g/mol. The van der Waals surface area contributed by atoms with Gasteiger partial charge in [-0.1, -0.05) is 32.1 Å². The predicted octanol–water partition coefficient (Wildman–Crippen LogP) is 2.86. The predicted molar refractivity (Wildman–Crippen MR) is 101 cm³/mol. The Hall–Kier alpha value is -0.960. The van der Waals surface area contributed by atoms with E-state index in [1.807, 2.05) is 0 Å². The summed E-state index contributed by atoms with van der Waals surface area (Å²) in [5.74, 6) is 0. The average Bonchev–Trinajstić information content (AvgIpc) is 3.13. The Labute approximate surface area is 157 Å². The van der Waals surface area contributed by atoms with Crippen molar-refractivity contribution in [3.05, 3.63) is 24.3 Å². The molecule has 1 aromatic rings. The first kappa shape index (κ1) is 19.8. The van der Waals surface area contributed by atoms with Crippen molar-refractivity contribution < 1.29 is 16.8 Å². The highest BCUT2D eigenvalue weighted by Crippen LogP contribution is 2.23. The van der Waals surface area contributed by atoms with E-state index in [-0.39, 0.29) is 15.8 Å². The van der Waals surface area contributed by atoms with Gasteiger partial charge in [-0.2, -0.15) is 4.31 Å². The number of hydrogen-bond acceptors (Lipinski definition) is 4. The van der Waals surface area contributed by atoms with Crippen molar-refractivity contribution in [3.8, 4) is 0 Å². The highest BCUT2D eigenvalue weighted by molar-refractivity contribution is 7.89. The first-order valence-electron chi connectivity index (χ1n) is 9.52. The maximum atomic E-state index is 12.6. The molecule has 8 heteroatoms. The molecule has 0 amide bonds. The SMILES string of the molecule is O=S(=O)(NC1CCCCCCC1)c1ccc(S(=O)(=O)N2CCCC2)cc1. The van der Waals surface area contributed by atoms with Crippen LogP contribution in [0, 0.1) is 0 Å². The molecule has 2 fully saturated rings. The van der Waals surface area contributed by atoms with Crippen LogP contribution in [0.5, 0.6) is 0 Å². The molecule has 1 aliphatic heterocycles. The largest absolute Gasteiger partial charge is 0.243 e. The molecule has 6 nitrogen and oxygen atoms in total. The quantitative estimate of drug-likeness (QED) is 0.824. The molecule has 1 aromatic carbocycles. The number of benzene rings is 1. The first-order valence-corrected chi connectivity index (χ1v) is 12.4. The third-order valence-corrected chi connectivity index (χ3v) is 8.71. The van der Waals surface area contributed by atoms with Gasteiger partial charge >= 0.3 is 0 Å². The van der Waals surface area contributed by atoms with Crippen molar-refractivity contribution in [3.63, 3.8) is 0 Å². The minimum Gasteiger partial charge on any atom is -0.208 e. The highest BCUT2D eigenvalue weighted by Gasteiger charge is 2.28. The lowest BCUT2D eigenvalue weighted by Crippen LogP contribution is -2.35. The van der Waals surface area contributed by atoms with Crippen molar-refractivity contribution >= 4 is 20.0 Å². The van der Waals surface area contributed by atoms with Gasteiger partial charge in [0.1, 0.15) is 0 Å². The number of sulfonamides is 2. The molecule has 3 rings (SSSR count). The Balaban J connectivity index is 1.72. The second-order valence-corrected chi connectivity index (χ2v) is 10.9. The Morgan fingerprint density at radius 1 is 0.731 bits per heavy atom. The van der Waals surface area contributed by atoms with Gasteiger partial charge in [-0.15, -0.1) is 0 Å². The van der Waals surface area contributed by atoms with E-state index in [1.165, 1.54) is 35.0 Å². The van der Waals surface area contributed by atoms with Crippen LogP contribution in [0.1, 0.15) is 57.8 Å². The smallest absolute Gasteiger partial charge is 0.208 e. The molecule has 146 valence electrons. The molecule has 1 heterocycles.